The maximum Gasteiger partial charge on any atom is 0.118 e. The molecule has 0 amide bonds. The van der Waals surface area contributed by atoms with Crippen molar-refractivity contribution in [2.45, 2.75) is 38.6 Å². The predicted molar refractivity (Wildman–Crippen MR) is 88.9 cm³/mol. The van der Waals surface area contributed by atoms with Gasteiger partial charge in [0.2, 0.25) is 0 Å². The van der Waals surface area contributed by atoms with E-state index in [1.165, 1.54) is 44.3 Å². The van der Waals surface area contributed by atoms with Crippen molar-refractivity contribution in [2.24, 2.45) is 5.92 Å². The molecule has 2 rings (SSSR count). The van der Waals surface area contributed by atoms with Crippen LogP contribution in [0.25, 0.3) is 0 Å². The minimum absolute atomic E-state index is 0.402. The molecule has 1 heterocycles. The summed E-state index contributed by atoms with van der Waals surface area (Å²) < 4.78 is 5.24. The maximum absolute atomic E-state index is 5.24. The molecule has 0 radical (unpaired) electrons. The van der Waals surface area contributed by atoms with Crippen LogP contribution in [0.3, 0.4) is 0 Å². The van der Waals surface area contributed by atoms with Crippen molar-refractivity contribution in [1.82, 2.24) is 10.2 Å². The summed E-state index contributed by atoms with van der Waals surface area (Å²) >= 11 is 0. The third-order valence-electron chi connectivity index (χ3n) is 4.71. The molecule has 0 spiro atoms. The summed E-state index contributed by atoms with van der Waals surface area (Å²) in [6.45, 7) is 5.90. The number of rotatable bonds is 7. The number of ether oxygens (including phenoxy) is 1. The van der Waals surface area contributed by atoms with Gasteiger partial charge in [0.25, 0.3) is 0 Å². The highest BCUT2D eigenvalue weighted by Crippen LogP contribution is 2.24. The number of methoxy groups -OCH3 is 1. The minimum Gasteiger partial charge on any atom is -0.497 e. The van der Waals surface area contributed by atoms with E-state index in [0.29, 0.717) is 6.04 Å². The van der Waals surface area contributed by atoms with Crippen molar-refractivity contribution in [3.05, 3.63) is 29.8 Å². The number of likely N-dealkylation sites (tertiary alicyclic amines) is 1. The summed E-state index contributed by atoms with van der Waals surface area (Å²) in [4.78, 5) is 2.61. The Kier molecular flexibility index (Phi) is 6.52. The molecule has 3 heteroatoms. The average molecular weight is 290 g/mol. The molecule has 1 saturated heterocycles. The number of piperidine rings is 1. The Morgan fingerprint density at radius 3 is 2.43 bits per heavy atom. The second kappa shape index (κ2) is 8.40. The smallest absolute Gasteiger partial charge is 0.118 e. The van der Waals surface area contributed by atoms with Gasteiger partial charge in [-0.3, -0.25) is 0 Å². The monoisotopic (exact) mass is 290 g/mol. The Hall–Kier alpha value is -1.06. The molecule has 1 aliphatic rings. The largest absolute Gasteiger partial charge is 0.497 e. The zero-order valence-electron chi connectivity index (χ0n) is 13.8. The summed E-state index contributed by atoms with van der Waals surface area (Å²) in [5.41, 5.74) is 1.34. The molecule has 1 aliphatic heterocycles. The fourth-order valence-corrected chi connectivity index (χ4v) is 3.32. The summed E-state index contributed by atoms with van der Waals surface area (Å²) in [5, 5.41) is 3.46. The summed E-state index contributed by atoms with van der Waals surface area (Å²) in [6.07, 6.45) is 5.47. The summed E-state index contributed by atoms with van der Waals surface area (Å²) in [7, 11) is 3.77. The first-order chi connectivity index (χ1) is 10.3. The predicted octanol–water partition coefficient (Wildman–Crippen LogP) is 3.47. The zero-order chi connectivity index (χ0) is 15.1. The highest BCUT2D eigenvalue weighted by molar-refractivity contribution is 5.29. The van der Waals surface area contributed by atoms with E-state index in [2.05, 4.69) is 36.3 Å². The zero-order valence-corrected chi connectivity index (χ0v) is 13.8. The van der Waals surface area contributed by atoms with Gasteiger partial charge in [0.15, 0.2) is 0 Å². The first kappa shape index (κ1) is 16.3. The molecule has 1 fully saturated rings. The Morgan fingerprint density at radius 2 is 1.90 bits per heavy atom. The number of nitrogens with one attached hydrogen (secondary N) is 1. The van der Waals surface area contributed by atoms with Crippen LogP contribution in [0.4, 0.5) is 0 Å². The van der Waals surface area contributed by atoms with Gasteiger partial charge in [-0.2, -0.15) is 0 Å². The van der Waals surface area contributed by atoms with Gasteiger partial charge in [0, 0.05) is 12.6 Å². The standard InChI is InChI=1S/C18H30N2O/c1-4-5-15-10-12-20(13-11-15)14-18(19-2)16-6-8-17(21-3)9-7-16/h6-9,15,18-19H,4-5,10-14H2,1-3H3. The van der Waals surface area contributed by atoms with Gasteiger partial charge in [0.05, 0.1) is 7.11 Å². The fraction of sp³-hybridized carbons (Fsp3) is 0.667. The van der Waals surface area contributed by atoms with Gasteiger partial charge in [-0.25, -0.2) is 0 Å². The topological polar surface area (TPSA) is 24.5 Å². The quantitative estimate of drug-likeness (QED) is 0.832. The second-order valence-corrected chi connectivity index (χ2v) is 6.15. The van der Waals surface area contributed by atoms with Crippen molar-refractivity contribution in [3.8, 4) is 5.75 Å². The van der Waals surface area contributed by atoms with E-state index < -0.39 is 0 Å². The molecule has 0 bridgehead atoms. The third kappa shape index (κ3) is 4.72. The maximum atomic E-state index is 5.24. The second-order valence-electron chi connectivity index (χ2n) is 6.15. The van der Waals surface area contributed by atoms with Crippen LogP contribution >= 0.6 is 0 Å². The number of likely N-dealkylation sites (N-methyl/N-ethyl adjacent to an activating group) is 1. The highest BCUT2D eigenvalue weighted by Gasteiger charge is 2.21. The van der Waals surface area contributed by atoms with Crippen LogP contribution in [0, 0.1) is 5.92 Å². The molecule has 0 aromatic heterocycles. The molecule has 21 heavy (non-hydrogen) atoms. The van der Waals surface area contributed by atoms with E-state index in [1.54, 1.807) is 7.11 Å². The fourth-order valence-electron chi connectivity index (χ4n) is 3.32. The molecule has 1 atom stereocenters. The summed E-state index contributed by atoms with van der Waals surface area (Å²) in [5.74, 6) is 1.88. The first-order valence-corrected chi connectivity index (χ1v) is 8.30. The molecular weight excluding hydrogens is 260 g/mol. The Labute approximate surface area is 129 Å². The third-order valence-corrected chi connectivity index (χ3v) is 4.71. The number of benzene rings is 1. The Bertz CT molecular complexity index is 396. The highest BCUT2D eigenvalue weighted by atomic mass is 16.5. The van der Waals surface area contributed by atoms with Gasteiger partial charge in [-0.05, 0) is 56.6 Å². The van der Waals surface area contributed by atoms with Crippen LogP contribution in [0.2, 0.25) is 0 Å². The SMILES string of the molecule is CCCC1CCN(CC(NC)c2ccc(OC)cc2)CC1. The van der Waals surface area contributed by atoms with Crippen molar-refractivity contribution >= 4 is 0 Å². The molecule has 1 aromatic carbocycles. The van der Waals surface area contributed by atoms with Crippen LogP contribution in [0.15, 0.2) is 24.3 Å². The molecule has 1 unspecified atom stereocenters. The molecule has 0 saturated carbocycles. The lowest BCUT2D eigenvalue weighted by atomic mass is 9.92. The van der Waals surface area contributed by atoms with Gasteiger partial charge >= 0.3 is 0 Å². The average Bonchev–Trinajstić information content (AvgIpc) is 2.54. The van der Waals surface area contributed by atoms with Gasteiger partial charge in [-0.15, -0.1) is 0 Å². The molecule has 0 aliphatic carbocycles. The van der Waals surface area contributed by atoms with E-state index in [4.69, 9.17) is 4.74 Å². The lowest BCUT2D eigenvalue weighted by molar-refractivity contribution is 0.165. The normalized spacial score (nSPS) is 18.6. The first-order valence-electron chi connectivity index (χ1n) is 8.30. The van der Waals surface area contributed by atoms with Crippen LogP contribution in [0.5, 0.6) is 5.75 Å². The van der Waals surface area contributed by atoms with Crippen molar-refractivity contribution in [2.75, 3.05) is 33.8 Å². The van der Waals surface area contributed by atoms with Crippen molar-refractivity contribution in [3.63, 3.8) is 0 Å². The Balaban J connectivity index is 1.87. The van der Waals surface area contributed by atoms with Crippen LogP contribution in [-0.4, -0.2) is 38.7 Å². The van der Waals surface area contributed by atoms with Crippen molar-refractivity contribution in [1.29, 1.82) is 0 Å². The van der Waals surface area contributed by atoms with Crippen LogP contribution in [-0.2, 0) is 0 Å². The van der Waals surface area contributed by atoms with Gasteiger partial charge in [-0.1, -0.05) is 31.9 Å². The minimum atomic E-state index is 0.402. The van der Waals surface area contributed by atoms with Crippen molar-refractivity contribution < 1.29 is 4.74 Å². The number of nitrogens with zero attached hydrogens (tertiary/aromatic N) is 1. The molecule has 1 N–H and O–H groups in total. The lowest BCUT2D eigenvalue weighted by Gasteiger charge is -2.34. The molecule has 3 nitrogen and oxygen atoms in total. The van der Waals surface area contributed by atoms with E-state index in [9.17, 15) is 0 Å². The van der Waals surface area contributed by atoms with Crippen LogP contribution in [0.1, 0.15) is 44.2 Å². The van der Waals surface area contributed by atoms with E-state index in [0.717, 1.165) is 18.2 Å². The molecule has 1 aromatic rings. The van der Waals surface area contributed by atoms with E-state index in [1.807, 2.05) is 12.1 Å². The number of hydrogen-bond acceptors (Lipinski definition) is 3. The molecular formula is C18H30N2O. The summed E-state index contributed by atoms with van der Waals surface area (Å²) in [6, 6.07) is 8.84. The van der Waals surface area contributed by atoms with Gasteiger partial charge < -0.3 is 15.0 Å². The van der Waals surface area contributed by atoms with Gasteiger partial charge in [0.1, 0.15) is 5.75 Å². The molecule has 118 valence electrons. The Morgan fingerprint density at radius 1 is 1.24 bits per heavy atom. The van der Waals surface area contributed by atoms with Crippen LogP contribution < -0.4 is 10.1 Å². The van der Waals surface area contributed by atoms with E-state index >= 15 is 0 Å². The van der Waals surface area contributed by atoms with E-state index in [-0.39, 0.29) is 0 Å². The lowest BCUT2D eigenvalue weighted by Crippen LogP contribution is -2.39. The number of hydrogen-bond donors (Lipinski definition) is 1.